The Bertz CT molecular complexity index is 1270. The standard InChI is InChI=1S/C38H58O9/c1-7-8-9-10-11-12-13-14-15-16-17-18-19-20-29(41)46-34-25(3)37(45)28-21-24(2)33(43)36(28,44)22-27(23-39)31(42)30(37)32-35(5,6)38(32,34)47-26(4)40/h21-22,25,28,30,32,34,39,44-45H,7-20,23H2,1-6H3. The lowest BCUT2D eigenvalue weighted by atomic mass is 9.58. The highest BCUT2D eigenvalue weighted by Gasteiger charge is 2.89. The predicted molar refractivity (Wildman–Crippen MR) is 177 cm³/mol. The van der Waals surface area contributed by atoms with Gasteiger partial charge in [0, 0.05) is 42.1 Å². The van der Waals surface area contributed by atoms with Crippen LogP contribution in [0.5, 0.6) is 0 Å². The van der Waals surface area contributed by atoms with E-state index in [2.05, 4.69) is 6.92 Å². The molecular weight excluding hydrogens is 600 g/mol. The maximum atomic E-state index is 14.1. The number of unbranched alkanes of at least 4 members (excludes halogenated alkanes) is 12. The Hall–Kier alpha value is -2.36. The molecule has 8 unspecified atom stereocenters. The first-order valence-electron chi connectivity index (χ1n) is 18.1. The lowest BCUT2D eigenvalue weighted by molar-refractivity contribution is -0.229. The van der Waals surface area contributed by atoms with E-state index in [1.54, 1.807) is 20.8 Å². The lowest BCUT2D eigenvalue weighted by Gasteiger charge is -2.52. The zero-order valence-electron chi connectivity index (χ0n) is 29.4. The number of carbonyl (C=O) groups excluding carboxylic acids is 4. The van der Waals surface area contributed by atoms with Gasteiger partial charge in [0.2, 0.25) is 0 Å². The van der Waals surface area contributed by atoms with Crippen LogP contribution in [-0.4, -0.2) is 68.3 Å². The third kappa shape index (κ3) is 6.53. The molecule has 0 aliphatic heterocycles. The fourth-order valence-electron chi connectivity index (χ4n) is 9.39. The minimum atomic E-state index is -2.26. The van der Waals surface area contributed by atoms with Crippen molar-refractivity contribution in [3.63, 3.8) is 0 Å². The average molecular weight is 659 g/mol. The molecule has 4 aliphatic carbocycles. The number of ketones is 2. The molecule has 47 heavy (non-hydrogen) atoms. The van der Waals surface area contributed by atoms with Gasteiger partial charge >= 0.3 is 11.9 Å². The maximum Gasteiger partial charge on any atom is 0.306 e. The number of esters is 2. The molecule has 8 atom stereocenters. The summed E-state index contributed by atoms with van der Waals surface area (Å²) >= 11 is 0. The molecule has 0 spiro atoms. The van der Waals surface area contributed by atoms with Crippen LogP contribution in [0.2, 0.25) is 0 Å². The van der Waals surface area contributed by atoms with E-state index in [1.165, 1.54) is 77.7 Å². The minimum Gasteiger partial charge on any atom is -0.458 e. The summed E-state index contributed by atoms with van der Waals surface area (Å²) in [6.45, 7) is 9.51. The largest absolute Gasteiger partial charge is 0.458 e. The molecular formula is C38H58O9. The second-order valence-electron chi connectivity index (χ2n) is 15.3. The van der Waals surface area contributed by atoms with Gasteiger partial charge in [0.05, 0.1) is 18.1 Å². The van der Waals surface area contributed by atoms with Gasteiger partial charge < -0.3 is 24.8 Å². The van der Waals surface area contributed by atoms with Gasteiger partial charge in [-0.1, -0.05) is 111 Å². The Balaban J connectivity index is 1.46. The van der Waals surface area contributed by atoms with Crippen LogP contribution in [0.4, 0.5) is 0 Å². The van der Waals surface area contributed by atoms with Crippen LogP contribution in [0.3, 0.4) is 0 Å². The van der Waals surface area contributed by atoms with Gasteiger partial charge in [0.15, 0.2) is 22.8 Å². The third-order valence-electron chi connectivity index (χ3n) is 11.9. The molecule has 4 rings (SSSR count). The van der Waals surface area contributed by atoms with Crippen molar-refractivity contribution in [2.45, 2.75) is 154 Å². The van der Waals surface area contributed by atoms with Gasteiger partial charge in [-0.3, -0.25) is 19.2 Å². The van der Waals surface area contributed by atoms with Crippen molar-refractivity contribution < 1.29 is 44.0 Å². The smallest absolute Gasteiger partial charge is 0.306 e. The third-order valence-corrected chi connectivity index (χ3v) is 11.9. The summed E-state index contributed by atoms with van der Waals surface area (Å²) in [5, 5.41) is 34.7. The minimum absolute atomic E-state index is 0.157. The second kappa shape index (κ2) is 14.6. The number of aliphatic hydroxyl groups is 3. The van der Waals surface area contributed by atoms with Crippen LogP contribution < -0.4 is 0 Å². The Labute approximate surface area is 280 Å². The average Bonchev–Trinajstić information content (AvgIpc) is 3.41. The molecule has 0 aromatic rings. The fourth-order valence-corrected chi connectivity index (χ4v) is 9.39. The predicted octanol–water partition coefficient (Wildman–Crippen LogP) is 5.71. The number of hydrogen-bond donors (Lipinski definition) is 3. The van der Waals surface area contributed by atoms with E-state index in [9.17, 15) is 34.5 Å². The number of Topliss-reactive ketones (excluding diaryl/α,β-unsaturated/α-hetero) is 2. The van der Waals surface area contributed by atoms with Crippen molar-refractivity contribution in [2.75, 3.05) is 6.61 Å². The molecule has 0 radical (unpaired) electrons. The van der Waals surface area contributed by atoms with E-state index < -0.39 is 82.1 Å². The van der Waals surface area contributed by atoms with Gasteiger partial charge in [-0.05, 0) is 25.0 Å². The first-order chi connectivity index (χ1) is 22.2. The highest BCUT2D eigenvalue weighted by Crippen LogP contribution is 2.77. The number of rotatable bonds is 17. The van der Waals surface area contributed by atoms with E-state index >= 15 is 0 Å². The van der Waals surface area contributed by atoms with Crippen molar-refractivity contribution in [3.8, 4) is 0 Å². The molecule has 3 N–H and O–H groups in total. The quantitative estimate of drug-likeness (QED) is 0.132. The Kier molecular flexibility index (Phi) is 11.7. The normalized spacial score (nSPS) is 35.2. The topological polar surface area (TPSA) is 147 Å². The number of ether oxygens (including phenoxy) is 2. The van der Waals surface area contributed by atoms with Gasteiger partial charge in [-0.2, -0.15) is 0 Å². The van der Waals surface area contributed by atoms with E-state index in [0.717, 1.165) is 25.3 Å². The number of fused-ring (bicyclic) bond motifs is 5. The maximum absolute atomic E-state index is 14.1. The molecule has 0 amide bonds. The molecule has 2 fully saturated rings. The van der Waals surface area contributed by atoms with E-state index in [-0.39, 0.29) is 17.6 Å². The van der Waals surface area contributed by atoms with Crippen LogP contribution in [-0.2, 0) is 28.7 Å². The number of carbonyl (C=O) groups is 4. The molecule has 0 aromatic heterocycles. The summed E-state index contributed by atoms with van der Waals surface area (Å²) < 4.78 is 12.1. The first kappa shape index (κ1) is 37.5. The molecule has 4 aliphatic rings. The summed E-state index contributed by atoms with van der Waals surface area (Å²) in [6, 6.07) is 0. The molecule has 264 valence electrons. The van der Waals surface area contributed by atoms with E-state index in [1.807, 2.05) is 0 Å². The highest BCUT2D eigenvalue weighted by molar-refractivity contribution is 6.09. The Morgan fingerprint density at radius 2 is 1.43 bits per heavy atom. The monoisotopic (exact) mass is 658 g/mol. The van der Waals surface area contributed by atoms with Crippen molar-refractivity contribution in [1.29, 1.82) is 0 Å². The molecule has 2 saturated carbocycles. The van der Waals surface area contributed by atoms with Crippen LogP contribution in [0.25, 0.3) is 0 Å². The SMILES string of the molecule is CCCCCCCCCCCCCCCC(=O)OC1C(C)C2(O)C(C(=O)C(CO)=CC3(O)C(=O)C(C)=CC32)C2C(C)(C)C12OC(C)=O. The van der Waals surface area contributed by atoms with Gasteiger partial charge in [0.25, 0.3) is 0 Å². The highest BCUT2D eigenvalue weighted by atomic mass is 16.6. The van der Waals surface area contributed by atoms with Crippen LogP contribution in [0.1, 0.15) is 131 Å². The number of hydrogen-bond acceptors (Lipinski definition) is 9. The van der Waals surface area contributed by atoms with E-state index in [4.69, 9.17) is 9.47 Å². The van der Waals surface area contributed by atoms with Crippen LogP contribution in [0.15, 0.2) is 23.3 Å². The van der Waals surface area contributed by atoms with Crippen molar-refractivity contribution >= 4 is 23.5 Å². The molecule has 9 nitrogen and oxygen atoms in total. The van der Waals surface area contributed by atoms with Crippen LogP contribution in [0, 0.1) is 29.1 Å². The molecule has 0 bridgehead atoms. The fraction of sp³-hybridized carbons (Fsp3) is 0.789. The van der Waals surface area contributed by atoms with Crippen LogP contribution >= 0.6 is 0 Å². The Morgan fingerprint density at radius 1 is 0.894 bits per heavy atom. The van der Waals surface area contributed by atoms with Crippen molar-refractivity contribution in [1.82, 2.24) is 0 Å². The molecule has 0 aromatic carbocycles. The zero-order valence-corrected chi connectivity index (χ0v) is 29.4. The van der Waals surface area contributed by atoms with Gasteiger partial charge in [-0.25, -0.2) is 0 Å². The summed E-state index contributed by atoms with van der Waals surface area (Å²) in [4.78, 5) is 53.3. The van der Waals surface area contributed by atoms with Crippen molar-refractivity contribution in [2.24, 2.45) is 29.1 Å². The van der Waals surface area contributed by atoms with E-state index in [0.29, 0.717) is 6.42 Å². The molecule has 0 heterocycles. The lowest BCUT2D eigenvalue weighted by Crippen LogP contribution is -2.67. The second-order valence-corrected chi connectivity index (χ2v) is 15.3. The zero-order chi connectivity index (χ0) is 34.8. The summed E-state index contributed by atoms with van der Waals surface area (Å²) in [5.41, 5.74) is -6.61. The molecule has 9 heteroatoms. The first-order valence-corrected chi connectivity index (χ1v) is 18.1. The summed E-state index contributed by atoms with van der Waals surface area (Å²) in [7, 11) is 0. The summed E-state index contributed by atoms with van der Waals surface area (Å²) in [5.74, 6) is -6.69. The molecule has 0 saturated heterocycles. The van der Waals surface area contributed by atoms with Gasteiger partial charge in [-0.15, -0.1) is 0 Å². The van der Waals surface area contributed by atoms with Gasteiger partial charge in [0.1, 0.15) is 6.10 Å². The summed E-state index contributed by atoms with van der Waals surface area (Å²) in [6.07, 6.45) is 16.9. The van der Waals surface area contributed by atoms with Crippen molar-refractivity contribution in [3.05, 3.63) is 23.3 Å². The number of aliphatic hydroxyl groups excluding tert-OH is 1. The Morgan fingerprint density at radius 3 is 1.94 bits per heavy atom.